The average molecular weight is 278 g/mol. The lowest BCUT2D eigenvalue weighted by Crippen LogP contribution is -2.23. The first-order valence-corrected chi connectivity index (χ1v) is 6.67. The van der Waals surface area contributed by atoms with Gasteiger partial charge < -0.3 is 5.11 Å². The normalized spacial score (nSPS) is 34.0. The van der Waals surface area contributed by atoms with E-state index in [9.17, 15) is 9.90 Å². The van der Waals surface area contributed by atoms with Crippen LogP contribution in [0.1, 0.15) is 6.42 Å². The second-order valence-electron chi connectivity index (χ2n) is 4.88. The zero-order valence-electron chi connectivity index (χ0n) is 11.3. The van der Waals surface area contributed by atoms with E-state index in [0.29, 0.717) is 5.57 Å². The predicted molar refractivity (Wildman–Crippen MR) is 83.6 cm³/mol. The van der Waals surface area contributed by atoms with Gasteiger partial charge in [0, 0.05) is 18.6 Å². The molecule has 1 N–H and O–H groups in total. The SMILES string of the molecule is O=C(O)C12C=C1\C=C/C=C/C=C/N=C\C1=C(/C=N\2)CC=C1. The smallest absolute Gasteiger partial charge is 0.340 e. The Bertz CT molecular complexity index is 715. The zero-order valence-corrected chi connectivity index (χ0v) is 11.3. The summed E-state index contributed by atoms with van der Waals surface area (Å²) in [7, 11) is 0. The molecule has 0 fully saturated rings. The Morgan fingerprint density at radius 3 is 2.86 bits per heavy atom. The molecule has 0 radical (unpaired) electrons. The number of carboxylic acid groups (broad SMARTS) is 1. The highest BCUT2D eigenvalue weighted by molar-refractivity contribution is 6.00. The minimum absolute atomic E-state index is 0.707. The molecule has 1 heterocycles. The van der Waals surface area contributed by atoms with Gasteiger partial charge in [-0.2, -0.15) is 0 Å². The van der Waals surface area contributed by atoms with E-state index < -0.39 is 11.5 Å². The predicted octanol–water partition coefficient (Wildman–Crippen LogP) is 2.79. The Morgan fingerprint density at radius 2 is 2.00 bits per heavy atom. The lowest BCUT2D eigenvalue weighted by Gasteiger charge is -2.06. The molecule has 4 nitrogen and oxygen atoms in total. The Labute approximate surface area is 122 Å². The summed E-state index contributed by atoms with van der Waals surface area (Å²) in [6, 6.07) is 0. The van der Waals surface area contributed by atoms with Crippen LogP contribution in [0.25, 0.3) is 0 Å². The molecule has 0 aromatic rings. The molecule has 3 aliphatic rings. The van der Waals surface area contributed by atoms with E-state index in [4.69, 9.17) is 0 Å². The minimum Gasteiger partial charge on any atom is -0.479 e. The highest BCUT2D eigenvalue weighted by Crippen LogP contribution is 2.40. The molecule has 1 atom stereocenters. The van der Waals surface area contributed by atoms with Crippen LogP contribution in [0.15, 0.2) is 81.5 Å². The fraction of sp³-hybridized carbons (Fsp3) is 0.118. The number of carbonyl (C=O) groups is 1. The van der Waals surface area contributed by atoms with Crippen molar-refractivity contribution in [3.8, 4) is 0 Å². The molecule has 0 aromatic carbocycles. The summed E-state index contributed by atoms with van der Waals surface area (Å²) < 4.78 is 0. The van der Waals surface area contributed by atoms with Crippen LogP contribution in [0.5, 0.6) is 0 Å². The highest BCUT2D eigenvalue weighted by Gasteiger charge is 2.49. The summed E-state index contributed by atoms with van der Waals surface area (Å²) in [6.45, 7) is 0. The first-order valence-electron chi connectivity index (χ1n) is 6.67. The van der Waals surface area contributed by atoms with Crippen LogP contribution in [0, 0.1) is 0 Å². The number of aliphatic carboxylic acids is 1. The van der Waals surface area contributed by atoms with Crippen LogP contribution in [0.4, 0.5) is 0 Å². The summed E-state index contributed by atoms with van der Waals surface area (Å²) >= 11 is 0. The maximum Gasteiger partial charge on any atom is 0.340 e. The van der Waals surface area contributed by atoms with E-state index in [0.717, 1.165) is 17.6 Å². The zero-order chi connectivity index (χ0) is 14.7. The Balaban J connectivity index is 1.97. The number of hydrogen-bond acceptors (Lipinski definition) is 3. The largest absolute Gasteiger partial charge is 0.479 e. The van der Waals surface area contributed by atoms with E-state index >= 15 is 0 Å². The molecule has 2 aliphatic carbocycles. The highest BCUT2D eigenvalue weighted by atomic mass is 16.4. The third-order valence-corrected chi connectivity index (χ3v) is 3.47. The van der Waals surface area contributed by atoms with Crippen molar-refractivity contribution in [2.45, 2.75) is 12.0 Å². The van der Waals surface area contributed by atoms with Gasteiger partial charge in [0.05, 0.1) is 0 Å². The van der Waals surface area contributed by atoms with Crippen LogP contribution in [-0.2, 0) is 4.79 Å². The maximum atomic E-state index is 11.5. The van der Waals surface area contributed by atoms with Crippen LogP contribution < -0.4 is 0 Å². The maximum absolute atomic E-state index is 11.5. The van der Waals surface area contributed by atoms with Gasteiger partial charge in [0.2, 0.25) is 5.54 Å². The number of aliphatic imine (C=N–C) groups is 2. The van der Waals surface area contributed by atoms with Crippen molar-refractivity contribution in [3.05, 3.63) is 71.5 Å². The number of carboxylic acids is 1. The van der Waals surface area contributed by atoms with Gasteiger partial charge in [-0.1, -0.05) is 36.5 Å². The van der Waals surface area contributed by atoms with E-state index in [1.54, 1.807) is 36.9 Å². The molecule has 0 aromatic heterocycles. The van der Waals surface area contributed by atoms with Crippen LogP contribution >= 0.6 is 0 Å². The van der Waals surface area contributed by atoms with Crippen molar-refractivity contribution in [2.24, 2.45) is 9.98 Å². The third-order valence-electron chi connectivity index (χ3n) is 3.47. The molecule has 0 saturated carbocycles. The topological polar surface area (TPSA) is 62.0 Å². The summed E-state index contributed by atoms with van der Waals surface area (Å²) in [5.41, 5.74) is 1.45. The van der Waals surface area contributed by atoms with Crippen LogP contribution in [-0.4, -0.2) is 29.0 Å². The second-order valence-corrected chi connectivity index (χ2v) is 4.88. The van der Waals surface area contributed by atoms with Crippen LogP contribution in [0.3, 0.4) is 0 Å². The number of allylic oxidation sites excluding steroid dienone is 8. The molecular weight excluding hydrogens is 264 g/mol. The number of fused-ring (bicyclic) bond motifs is 1. The first-order chi connectivity index (χ1) is 10.2. The molecule has 0 bridgehead atoms. The quantitative estimate of drug-likeness (QED) is 0.801. The Kier molecular flexibility index (Phi) is 3.36. The molecule has 1 aliphatic heterocycles. The molecule has 0 spiro atoms. The molecule has 4 heteroatoms. The molecule has 3 rings (SSSR count). The average Bonchev–Trinajstić information content (AvgIpc) is 3.00. The number of hydrogen-bond donors (Lipinski definition) is 1. The van der Waals surface area contributed by atoms with Gasteiger partial charge in [-0.15, -0.1) is 0 Å². The molecule has 0 saturated heterocycles. The van der Waals surface area contributed by atoms with Crippen molar-refractivity contribution < 1.29 is 9.90 Å². The van der Waals surface area contributed by atoms with Crippen molar-refractivity contribution >= 4 is 18.4 Å². The summed E-state index contributed by atoms with van der Waals surface area (Å²) in [5, 5.41) is 9.40. The molecule has 104 valence electrons. The van der Waals surface area contributed by atoms with Gasteiger partial charge in [-0.3, -0.25) is 9.98 Å². The summed E-state index contributed by atoms with van der Waals surface area (Å²) in [5.74, 6) is -0.948. The van der Waals surface area contributed by atoms with Gasteiger partial charge in [-0.25, -0.2) is 4.79 Å². The Hall–Kier alpha value is -2.75. The van der Waals surface area contributed by atoms with E-state index in [1.165, 1.54) is 0 Å². The fourth-order valence-electron chi connectivity index (χ4n) is 2.20. The van der Waals surface area contributed by atoms with E-state index in [2.05, 4.69) is 9.98 Å². The number of nitrogens with zero attached hydrogens (tertiary/aromatic N) is 2. The monoisotopic (exact) mass is 278 g/mol. The lowest BCUT2D eigenvalue weighted by atomic mass is 10.1. The molecular formula is C17H14N2O2. The van der Waals surface area contributed by atoms with Crippen LogP contribution in [0.2, 0.25) is 0 Å². The molecule has 21 heavy (non-hydrogen) atoms. The van der Waals surface area contributed by atoms with Crippen molar-refractivity contribution in [3.63, 3.8) is 0 Å². The third kappa shape index (κ3) is 2.60. The van der Waals surface area contributed by atoms with Gasteiger partial charge in [-0.05, 0) is 35.3 Å². The first kappa shape index (κ1) is 13.2. The summed E-state index contributed by atoms with van der Waals surface area (Å²) in [4.78, 5) is 20.0. The van der Waals surface area contributed by atoms with E-state index in [1.807, 2.05) is 30.4 Å². The van der Waals surface area contributed by atoms with Gasteiger partial charge in [0.15, 0.2) is 0 Å². The molecule has 0 amide bonds. The summed E-state index contributed by atoms with van der Waals surface area (Å²) in [6.07, 6.45) is 20.6. The van der Waals surface area contributed by atoms with E-state index in [-0.39, 0.29) is 0 Å². The second kappa shape index (κ2) is 5.32. The molecule has 1 unspecified atom stereocenters. The lowest BCUT2D eigenvalue weighted by molar-refractivity contribution is -0.138. The van der Waals surface area contributed by atoms with Crippen molar-refractivity contribution in [1.29, 1.82) is 0 Å². The van der Waals surface area contributed by atoms with Gasteiger partial charge in [0.1, 0.15) is 0 Å². The fourth-order valence-corrected chi connectivity index (χ4v) is 2.20. The number of rotatable bonds is 1. The minimum atomic E-state index is -1.19. The standard InChI is InChI=1S/C17H14N2O2/c20-16(21)17-10-15(17)8-3-1-2-4-9-18-11-13-6-5-7-14(13)12-19-17/h1-6,8-12H,7H2,(H,20,21)/b2-1+,8-3-,9-4+,18-11-,19-12-. The van der Waals surface area contributed by atoms with Crippen molar-refractivity contribution in [2.75, 3.05) is 0 Å². The van der Waals surface area contributed by atoms with Crippen molar-refractivity contribution in [1.82, 2.24) is 0 Å². The Morgan fingerprint density at radius 1 is 1.14 bits per heavy atom. The van der Waals surface area contributed by atoms with Gasteiger partial charge >= 0.3 is 5.97 Å². The van der Waals surface area contributed by atoms with Gasteiger partial charge in [0.25, 0.3) is 0 Å².